The Morgan fingerprint density at radius 3 is 2.30 bits per heavy atom. The average Bonchev–Trinajstić information content (AvgIpc) is 3.57. The Morgan fingerprint density at radius 1 is 0.830 bits per heavy atom. The van der Waals surface area contributed by atoms with Gasteiger partial charge in [-0.05, 0) is 99.9 Å². The van der Waals surface area contributed by atoms with Crippen molar-refractivity contribution in [2.24, 2.45) is 34.5 Å². The minimum atomic E-state index is -1.47. The monoisotopic (exact) mass is 666 g/mol. The lowest BCUT2D eigenvalue weighted by Gasteiger charge is -2.65. The minimum Gasteiger partial charge on any atom is -0.458 e. The van der Waals surface area contributed by atoms with Crippen molar-refractivity contribution in [1.29, 1.82) is 0 Å². The van der Waals surface area contributed by atoms with Crippen molar-refractivity contribution >= 4 is 5.97 Å². The van der Waals surface area contributed by atoms with Crippen LogP contribution >= 0.6 is 0 Å². The number of rotatable bonds is 5. The van der Waals surface area contributed by atoms with E-state index in [-0.39, 0.29) is 48.3 Å². The number of cyclic esters (lactones) is 1. The molecular formula is C35H54O12. The first kappa shape index (κ1) is 34.3. The maximum atomic E-state index is 12.5. The molecular weight excluding hydrogens is 612 g/mol. The number of fused-ring (bicyclic) bond motifs is 5. The Balaban J connectivity index is 0.978. The van der Waals surface area contributed by atoms with Gasteiger partial charge in [-0.15, -0.1) is 0 Å². The zero-order valence-corrected chi connectivity index (χ0v) is 27.9. The highest BCUT2D eigenvalue weighted by atomic mass is 16.7. The summed E-state index contributed by atoms with van der Waals surface area (Å²) in [5.41, 5.74) is -0.891. The van der Waals surface area contributed by atoms with E-state index in [1.165, 1.54) is 0 Å². The number of hydrogen-bond donors (Lipinski definition) is 6. The van der Waals surface area contributed by atoms with E-state index in [4.69, 9.17) is 23.7 Å². The number of aliphatic hydroxyl groups is 6. The largest absolute Gasteiger partial charge is 0.458 e. The van der Waals surface area contributed by atoms with Crippen LogP contribution in [0.5, 0.6) is 0 Å². The molecule has 266 valence electrons. The van der Waals surface area contributed by atoms with E-state index in [0.29, 0.717) is 18.8 Å². The molecule has 12 nitrogen and oxygen atoms in total. The van der Waals surface area contributed by atoms with Crippen molar-refractivity contribution in [3.63, 3.8) is 0 Å². The van der Waals surface area contributed by atoms with Crippen molar-refractivity contribution in [2.75, 3.05) is 6.61 Å². The van der Waals surface area contributed by atoms with Gasteiger partial charge in [-0.25, -0.2) is 4.79 Å². The third kappa shape index (κ3) is 5.36. The number of hydrogen-bond acceptors (Lipinski definition) is 12. The van der Waals surface area contributed by atoms with Gasteiger partial charge in [0.2, 0.25) is 0 Å². The van der Waals surface area contributed by atoms with Crippen LogP contribution < -0.4 is 0 Å². The van der Waals surface area contributed by atoms with Gasteiger partial charge < -0.3 is 54.3 Å². The van der Waals surface area contributed by atoms with Crippen LogP contribution in [-0.4, -0.2) is 116 Å². The minimum absolute atomic E-state index is 0.0557. The number of aliphatic hydroxyl groups excluding tert-OH is 5. The van der Waals surface area contributed by atoms with Crippen LogP contribution in [0, 0.1) is 34.5 Å². The summed E-state index contributed by atoms with van der Waals surface area (Å²) in [7, 11) is 0. The second-order valence-corrected chi connectivity index (χ2v) is 16.3. The Hall–Kier alpha value is -1.19. The van der Waals surface area contributed by atoms with Gasteiger partial charge in [0, 0.05) is 17.9 Å². The third-order valence-electron chi connectivity index (χ3n) is 14.1. The number of ether oxygens (including phenoxy) is 5. The van der Waals surface area contributed by atoms with Crippen molar-refractivity contribution in [3.05, 3.63) is 11.6 Å². The predicted molar refractivity (Wildman–Crippen MR) is 164 cm³/mol. The molecule has 3 heterocycles. The zero-order valence-electron chi connectivity index (χ0n) is 27.9. The zero-order chi connectivity index (χ0) is 33.6. The fourth-order valence-electron chi connectivity index (χ4n) is 11.3. The van der Waals surface area contributed by atoms with E-state index in [0.717, 1.165) is 44.1 Å². The maximum Gasteiger partial charge on any atom is 0.331 e. The van der Waals surface area contributed by atoms with Gasteiger partial charge in [0.05, 0.1) is 36.1 Å². The molecule has 4 aliphatic carbocycles. The van der Waals surface area contributed by atoms with Gasteiger partial charge in [0.1, 0.15) is 31.0 Å². The van der Waals surface area contributed by atoms with Crippen molar-refractivity contribution in [3.8, 4) is 0 Å². The van der Waals surface area contributed by atoms with Gasteiger partial charge >= 0.3 is 5.97 Å². The fourth-order valence-corrected chi connectivity index (χ4v) is 11.3. The Bertz CT molecular complexity index is 1220. The molecule has 0 aromatic heterocycles. The Kier molecular flexibility index (Phi) is 8.93. The molecule has 3 aliphatic heterocycles. The predicted octanol–water partition coefficient (Wildman–Crippen LogP) is 1.31. The van der Waals surface area contributed by atoms with E-state index in [1.54, 1.807) is 19.9 Å². The highest BCUT2D eigenvalue weighted by Crippen LogP contribution is 2.70. The van der Waals surface area contributed by atoms with E-state index in [2.05, 4.69) is 6.92 Å². The van der Waals surface area contributed by atoms with Gasteiger partial charge in [0.25, 0.3) is 0 Å². The highest BCUT2D eigenvalue weighted by molar-refractivity contribution is 5.85. The van der Waals surface area contributed by atoms with E-state index >= 15 is 0 Å². The standard InChI is InChI=1S/C35H54O12/c1-16-28(39)29(40)30(41)32(45-16)47-31-17(2)44-27(14-24(31)36)46-20-7-9-33(3)19(12-20)5-6-22-23(33)13-25(37)34(4)21(8-10-35(22,34)42)18-11-26(38)43-15-18/h11,16-17,19-25,27-32,36-37,39-42H,5-10,12-15H2,1-4H3/t16-,17-,19+,20-,21+,22+,23-,24+,25+,27+,28-,29+,30-,31-,32+,33-,34-,35-/m0/s1. The van der Waals surface area contributed by atoms with Crippen LogP contribution in [0.3, 0.4) is 0 Å². The highest BCUT2D eigenvalue weighted by Gasteiger charge is 2.71. The van der Waals surface area contributed by atoms with Crippen LogP contribution in [0.15, 0.2) is 11.6 Å². The second kappa shape index (κ2) is 12.2. The lowest BCUT2D eigenvalue weighted by molar-refractivity contribution is -0.340. The van der Waals surface area contributed by atoms with E-state index < -0.39 is 72.4 Å². The van der Waals surface area contributed by atoms with Crippen LogP contribution in [0.4, 0.5) is 0 Å². The molecule has 47 heavy (non-hydrogen) atoms. The molecule has 0 bridgehead atoms. The Labute approximate surface area is 276 Å². The van der Waals surface area contributed by atoms with Gasteiger partial charge in [-0.3, -0.25) is 0 Å². The van der Waals surface area contributed by atoms with Crippen LogP contribution in [-0.2, 0) is 28.5 Å². The SMILES string of the molecule is C[C@@H]1O[C@H](O[C@@H]2[C@H](O)C[C@@H](O[C@H]3CC[C@@]4(C)[C@H](CC[C@@H]5[C@@H]4C[C@@H](O)[C@]4(C)[C@@H](C6=CC(=O)OC6)CC[C@]54O)C3)O[C@H]2C)[C@@H](O)[C@H](O)[C@H]1O. The molecule has 6 fully saturated rings. The van der Waals surface area contributed by atoms with Crippen LogP contribution in [0.1, 0.15) is 85.5 Å². The van der Waals surface area contributed by atoms with Crippen molar-refractivity contribution in [2.45, 2.75) is 159 Å². The summed E-state index contributed by atoms with van der Waals surface area (Å²) in [6, 6.07) is 0. The maximum absolute atomic E-state index is 12.5. The fraction of sp³-hybridized carbons (Fsp3) is 0.914. The van der Waals surface area contributed by atoms with Crippen LogP contribution in [0.2, 0.25) is 0 Å². The summed E-state index contributed by atoms with van der Waals surface area (Å²) >= 11 is 0. The number of esters is 1. The summed E-state index contributed by atoms with van der Waals surface area (Å²) in [5, 5.41) is 65.9. The van der Waals surface area contributed by atoms with E-state index in [9.17, 15) is 35.4 Å². The molecule has 0 aromatic rings. The van der Waals surface area contributed by atoms with E-state index in [1.807, 2.05) is 6.92 Å². The lowest BCUT2D eigenvalue weighted by Crippen LogP contribution is -2.67. The molecule has 7 rings (SSSR count). The van der Waals surface area contributed by atoms with Gasteiger partial charge in [-0.2, -0.15) is 0 Å². The van der Waals surface area contributed by atoms with Gasteiger partial charge in [0.15, 0.2) is 12.6 Å². The molecule has 6 N–H and O–H groups in total. The topological polar surface area (TPSA) is 185 Å². The Morgan fingerprint density at radius 2 is 1.60 bits per heavy atom. The summed E-state index contributed by atoms with van der Waals surface area (Å²) in [5.74, 6) is 0.197. The summed E-state index contributed by atoms with van der Waals surface area (Å²) in [6.07, 6.45) is -1.75. The molecule has 4 saturated carbocycles. The van der Waals surface area contributed by atoms with Gasteiger partial charge in [-0.1, -0.05) is 13.8 Å². The lowest BCUT2D eigenvalue weighted by atomic mass is 9.42. The summed E-state index contributed by atoms with van der Waals surface area (Å²) in [4.78, 5) is 11.9. The van der Waals surface area contributed by atoms with Crippen LogP contribution in [0.25, 0.3) is 0 Å². The first-order valence-electron chi connectivity index (χ1n) is 17.8. The second-order valence-electron chi connectivity index (χ2n) is 16.3. The summed E-state index contributed by atoms with van der Waals surface area (Å²) < 4.78 is 29.3. The third-order valence-corrected chi connectivity index (χ3v) is 14.1. The molecule has 0 radical (unpaired) electrons. The quantitative estimate of drug-likeness (QED) is 0.183. The molecule has 0 amide bonds. The molecule has 0 spiro atoms. The average molecular weight is 667 g/mol. The number of carbonyl (C=O) groups excluding carboxylic acids is 1. The summed E-state index contributed by atoms with van der Waals surface area (Å²) in [6.45, 7) is 7.96. The van der Waals surface area contributed by atoms with Crippen molar-refractivity contribution < 1.29 is 59.1 Å². The normalized spacial score (nSPS) is 56.3. The first-order valence-corrected chi connectivity index (χ1v) is 17.8. The number of carbonyl (C=O) groups is 1. The molecule has 7 aliphatic rings. The van der Waals surface area contributed by atoms with Crippen molar-refractivity contribution in [1.82, 2.24) is 0 Å². The molecule has 2 saturated heterocycles. The molecule has 0 aromatic carbocycles. The molecule has 12 heteroatoms. The smallest absolute Gasteiger partial charge is 0.331 e. The first-order chi connectivity index (χ1) is 22.2. The molecule has 0 unspecified atom stereocenters. The molecule has 18 atom stereocenters.